The van der Waals surface area contributed by atoms with E-state index in [1.807, 2.05) is 125 Å². The molecule has 0 spiro atoms. The van der Waals surface area contributed by atoms with Crippen LogP contribution in [0.5, 0.6) is 0 Å². The maximum absolute atomic E-state index is 11.5. The predicted molar refractivity (Wildman–Crippen MR) is 245 cm³/mol. The summed E-state index contributed by atoms with van der Waals surface area (Å²) in [6, 6.07) is 20.1. The van der Waals surface area contributed by atoms with E-state index in [1.54, 1.807) is 12.2 Å². The van der Waals surface area contributed by atoms with Gasteiger partial charge in [0.25, 0.3) is 0 Å². The van der Waals surface area contributed by atoms with E-state index in [4.69, 9.17) is 9.47 Å². The number of aryl methyl sites for hydroxylation is 2. The Balaban J connectivity index is 0.000000330. The molecule has 0 aromatic heterocycles. The minimum atomic E-state index is -0.600. The second-order valence-corrected chi connectivity index (χ2v) is 17.5. The van der Waals surface area contributed by atoms with Gasteiger partial charge < -0.3 is 40.1 Å². The Bertz CT molecular complexity index is 1520. The van der Waals surface area contributed by atoms with Gasteiger partial charge in [-0.3, -0.25) is 9.59 Å². The Labute approximate surface area is 371 Å². The van der Waals surface area contributed by atoms with Gasteiger partial charge in [0.2, 0.25) is 0 Å². The zero-order valence-corrected chi connectivity index (χ0v) is 37.5. The van der Waals surface area contributed by atoms with Crippen molar-refractivity contribution in [2.24, 2.45) is 23.7 Å². The lowest BCUT2D eigenvalue weighted by Crippen LogP contribution is -2.20. The Morgan fingerprint density at radius 2 is 0.952 bits per heavy atom. The normalized spacial score (nSPS) is 25.0. The van der Waals surface area contributed by atoms with Crippen LogP contribution in [0.1, 0.15) is 116 Å². The Morgan fingerprint density at radius 1 is 0.581 bits per heavy atom. The van der Waals surface area contributed by atoms with E-state index in [1.165, 1.54) is 11.1 Å². The van der Waals surface area contributed by atoms with Gasteiger partial charge in [-0.1, -0.05) is 109 Å². The van der Waals surface area contributed by atoms with Gasteiger partial charge in [-0.15, -0.1) is 0 Å². The number of esters is 2. The number of unbranched alkanes of at least 4 members (excludes halogenated alkanes) is 2. The van der Waals surface area contributed by atoms with Gasteiger partial charge in [0.05, 0.1) is 48.8 Å². The fourth-order valence-corrected chi connectivity index (χ4v) is 8.15. The highest BCUT2D eigenvalue weighted by molar-refractivity contribution is 5.69. The minimum absolute atomic E-state index is 0.0743. The summed E-state index contributed by atoms with van der Waals surface area (Å²) in [7, 11) is 0. The van der Waals surface area contributed by atoms with Crippen molar-refractivity contribution in [3.63, 3.8) is 0 Å². The molecule has 4 rings (SSSR count). The lowest BCUT2D eigenvalue weighted by atomic mass is 9.89. The quantitative estimate of drug-likeness (QED) is 0.0346. The van der Waals surface area contributed by atoms with E-state index in [-0.39, 0.29) is 47.8 Å². The standard InChI is InChI=1S/2C26H38O5/c2*1-19(2)31-26(30)13-9-4-3-8-12-22-23(25(29)18-24(22)28)17-16-21(27)15-14-20-10-6-5-7-11-20/h2*3,5-8,10-11,16-17,19,21-25,27-29H,4,9,12-15,18H2,1-2H3/b2*8-3-,17-16+/t21-,22?,23?,24+,25-;21-,22?,23?,24-,25+/m10/s1. The van der Waals surface area contributed by atoms with E-state index in [9.17, 15) is 40.2 Å². The van der Waals surface area contributed by atoms with Crippen LogP contribution in [0.15, 0.2) is 109 Å². The number of aliphatic hydroxyl groups excluding tert-OH is 6. The summed E-state index contributed by atoms with van der Waals surface area (Å²) in [4.78, 5) is 23.1. The molecule has 10 nitrogen and oxygen atoms in total. The fourth-order valence-electron chi connectivity index (χ4n) is 8.15. The van der Waals surface area contributed by atoms with Crippen molar-refractivity contribution in [2.45, 2.75) is 166 Å². The summed E-state index contributed by atoms with van der Waals surface area (Å²) in [6.07, 6.45) is 20.4. The third-order valence-corrected chi connectivity index (χ3v) is 11.5. The summed E-state index contributed by atoms with van der Waals surface area (Å²) < 4.78 is 10.2. The van der Waals surface area contributed by atoms with E-state index >= 15 is 0 Å². The number of aliphatic hydroxyl groups is 6. The van der Waals surface area contributed by atoms with Crippen LogP contribution < -0.4 is 0 Å². The zero-order chi connectivity index (χ0) is 45.3. The van der Waals surface area contributed by atoms with E-state index in [0.717, 1.165) is 38.5 Å². The first kappa shape index (κ1) is 52.4. The molecular formula is C52H76O10. The van der Waals surface area contributed by atoms with Gasteiger partial charge in [-0.05, 0) is 115 Å². The highest BCUT2D eigenvalue weighted by Crippen LogP contribution is 2.37. The summed E-state index contributed by atoms with van der Waals surface area (Å²) in [5.41, 5.74) is 2.37. The number of rotatable bonds is 24. The van der Waals surface area contributed by atoms with Crippen LogP contribution in [-0.2, 0) is 31.9 Å². The van der Waals surface area contributed by atoms with Crippen LogP contribution in [0, 0.1) is 23.7 Å². The van der Waals surface area contributed by atoms with Crippen LogP contribution in [0.4, 0.5) is 0 Å². The van der Waals surface area contributed by atoms with Crippen LogP contribution in [0.25, 0.3) is 0 Å². The zero-order valence-electron chi connectivity index (χ0n) is 37.5. The lowest BCUT2D eigenvalue weighted by Gasteiger charge is -2.19. The highest BCUT2D eigenvalue weighted by atomic mass is 16.5. The SMILES string of the molecule is CC(C)OC(=O)CCC/C=C\CC1C(/C=C/[C@@H](O)CCc2ccccc2)[C@H](O)C[C@@H]1O.CC(C)OC(=O)CCC/C=C\CC1C(/C=C/[C@H](O)CCc2ccccc2)[C@H](O)C[C@@H]1O. The van der Waals surface area contributed by atoms with Gasteiger partial charge in [0, 0.05) is 37.5 Å². The number of hydrogen-bond acceptors (Lipinski definition) is 10. The Hall–Kier alpha value is -3.90. The number of benzene rings is 2. The summed E-state index contributed by atoms with van der Waals surface area (Å²) in [6.45, 7) is 7.36. The first-order valence-electron chi connectivity index (χ1n) is 22.9. The highest BCUT2D eigenvalue weighted by Gasteiger charge is 2.40. The molecule has 0 radical (unpaired) electrons. The molecule has 2 fully saturated rings. The fraction of sp³-hybridized carbons (Fsp3) is 0.577. The van der Waals surface area contributed by atoms with Gasteiger partial charge in [0.1, 0.15) is 0 Å². The smallest absolute Gasteiger partial charge is 0.306 e. The van der Waals surface area contributed by atoms with Crippen molar-refractivity contribution < 1.29 is 49.7 Å². The average molecular weight is 861 g/mol. The molecule has 2 saturated carbocycles. The van der Waals surface area contributed by atoms with Crippen LogP contribution in [0.3, 0.4) is 0 Å². The maximum atomic E-state index is 11.5. The lowest BCUT2D eigenvalue weighted by molar-refractivity contribution is -0.148. The topological polar surface area (TPSA) is 174 Å². The Morgan fingerprint density at radius 3 is 1.31 bits per heavy atom. The number of hydrogen-bond donors (Lipinski definition) is 6. The average Bonchev–Trinajstić information content (AvgIpc) is 3.66. The molecular weight excluding hydrogens is 785 g/mol. The molecule has 10 heteroatoms. The van der Waals surface area contributed by atoms with Crippen molar-refractivity contribution in [1.82, 2.24) is 0 Å². The predicted octanol–water partition coefficient (Wildman–Crippen LogP) is 7.92. The molecule has 2 aliphatic rings. The van der Waals surface area contributed by atoms with E-state index in [2.05, 4.69) is 0 Å². The summed E-state index contributed by atoms with van der Waals surface area (Å²) in [5, 5.41) is 62.0. The minimum Gasteiger partial charge on any atom is -0.463 e. The molecule has 2 aromatic rings. The molecule has 0 amide bonds. The molecule has 62 heavy (non-hydrogen) atoms. The van der Waals surface area contributed by atoms with E-state index in [0.29, 0.717) is 51.4 Å². The molecule has 0 aliphatic heterocycles. The molecule has 344 valence electrons. The third-order valence-electron chi connectivity index (χ3n) is 11.5. The Kier molecular flexibility index (Phi) is 24.9. The summed E-state index contributed by atoms with van der Waals surface area (Å²) in [5.74, 6) is -0.842. The molecule has 2 aromatic carbocycles. The molecule has 0 saturated heterocycles. The van der Waals surface area contributed by atoms with Crippen LogP contribution in [-0.4, -0.2) is 91.4 Å². The van der Waals surface area contributed by atoms with Crippen molar-refractivity contribution in [3.8, 4) is 0 Å². The third kappa shape index (κ3) is 21.0. The van der Waals surface area contributed by atoms with Gasteiger partial charge in [0.15, 0.2) is 0 Å². The second-order valence-electron chi connectivity index (χ2n) is 17.5. The molecule has 4 unspecified atom stereocenters. The molecule has 10 atom stereocenters. The van der Waals surface area contributed by atoms with Gasteiger partial charge in [-0.25, -0.2) is 0 Å². The second kappa shape index (κ2) is 29.5. The molecule has 0 heterocycles. The number of ether oxygens (including phenoxy) is 2. The monoisotopic (exact) mass is 861 g/mol. The number of carbonyl (C=O) groups is 2. The van der Waals surface area contributed by atoms with E-state index < -0.39 is 36.6 Å². The van der Waals surface area contributed by atoms with Gasteiger partial charge >= 0.3 is 11.9 Å². The van der Waals surface area contributed by atoms with Crippen molar-refractivity contribution in [3.05, 3.63) is 120 Å². The molecule has 6 N–H and O–H groups in total. The maximum Gasteiger partial charge on any atom is 0.306 e. The van der Waals surface area contributed by atoms with Crippen LogP contribution in [0.2, 0.25) is 0 Å². The largest absolute Gasteiger partial charge is 0.463 e. The van der Waals surface area contributed by atoms with Crippen LogP contribution >= 0.6 is 0 Å². The van der Waals surface area contributed by atoms with Crippen molar-refractivity contribution in [1.29, 1.82) is 0 Å². The number of allylic oxidation sites excluding steroid dienone is 4. The van der Waals surface area contributed by atoms with Gasteiger partial charge in [-0.2, -0.15) is 0 Å². The molecule has 2 aliphatic carbocycles. The first-order valence-corrected chi connectivity index (χ1v) is 22.9. The first-order chi connectivity index (χ1) is 29.7. The molecule has 0 bridgehead atoms. The van der Waals surface area contributed by atoms with Crippen molar-refractivity contribution >= 4 is 11.9 Å². The van der Waals surface area contributed by atoms with Crippen molar-refractivity contribution in [2.75, 3.05) is 0 Å². The summed E-state index contributed by atoms with van der Waals surface area (Å²) >= 11 is 0. The number of carbonyl (C=O) groups excluding carboxylic acids is 2.